The first-order valence-corrected chi connectivity index (χ1v) is 9.40. The summed E-state index contributed by atoms with van der Waals surface area (Å²) < 4.78 is 6.00. The fraction of sp³-hybridized carbons (Fsp3) is 0.444. The number of aryl methyl sites for hydroxylation is 1. The van der Waals surface area contributed by atoms with Crippen LogP contribution in [0.1, 0.15) is 22.6 Å². The summed E-state index contributed by atoms with van der Waals surface area (Å²) in [4.78, 5) is 26.5. The molecule has 31 heavy (non-hydrogen) atoms. The van der Waals surface area contributed by atoms with Gasteiger partial charge < -0.3 is 36.2 Å². The van der Waals surface area contributed by atoms with Gasteiger partial charge in [0.1, 0.15) is 18.4 Å². The summed E-state index contributed by atoms with van der Waals surface area (Å²) in [5.41, 5.74) is 6.14. The molecule has 0 spiro atoms. The molecule has 1 saturated heterocycles. The number of aromatic nitrogens is 2. The molecule has 1 amide bonds. The third kappa shape index (κ3) is 4.56. The van der Waals surface area contributed by atoms with E-state index in [1.807, 2.05) is 0 Å². The summed E-state index contributed by atoms with van der Waals surface area (Å²) in [6.45, 7) is 0.233. The van der Waals surface area contributed by atoms with Gasteiger partial charge in [0, 0.05) is 31.1 Å². The van der Waals surface area contributed by atoms with Gasteiger partial charge in [-0.2, -0.15) is 0 Å². The highest BCUT2D eigenvalue weighted by Gasteiger charge is 2.57. The van der Waals surface area contributed by atoms with E-state index in [2.05, 4.69) is 10.3 Å². The Morgan fingerprint density at radius 3 is 2.65 bits per heavy atom. The number of non-ortho nitro benzene ring substituents is 1. The molecule has 13 heteroatoms. The Bertz CT molecular complexity index is 933. The number of rotatable bonds is 8. The van der Waals surface area contributed by atoms with Crippen molar-refractivity contribution in [3.8, 4) is 0 Å². The predicted molar refractivity (Wildman–Crippen MR) is 103 cm³/mol. The number of ether oxygens (including phenoxy) is 1. The fourth-order valence-electron chi connectivity index (χ4n) is 3.30. The predicted octanol–water partition coefficient (Wildman–Crippen LogP) is -1.85. The Morgan fingerprint density at radius 1 is 1.39 bits per heavy atom. The van der Waals surface area contributed by atoms with Gasteiger partial charge >= 0.3 is 0 Å². The molecule has 1 fully saturated rings. The van der Waals surface area contributed by atoms with Crippen molar-refractivity contribution in [3.05, 3.63) is 58.2 Å². The Hall–Kier alpha value is -2.94. The third-order valence-electron chi connectivity index (χ3n) is 4.96. The van der Waals surface area contributed by atoms with Gasteiger partial charge in [0.15, 0.2) is 6.10 Å². The minimum atomic E-state index is -2.56. The third-order valence-corrected chi connectivity index (χ3v) is 4.96. The molecule has 0 saturated carbocycles. The smallest absolute Gasteiger partial charge is 0.287 e. The number of hydrogen-bond donors (Lipinski definition) is 6. The molecule has 5 atom stereocenters. The second-order valence-electron chi connectivity index (χ2n) is 7.07. The molecule has 13 nitrogen and oxygen atoms in total. The van der Waals surface area contributed by atoms with Crippen LogP contribution in [0.5, 0.6) is 0 Å². The highest BCUT2D eigenvalue weighted by molar-refractivity contribution is 5.90. The van der Waals surface area contributed by atoms with Crippen molar-refractivity contribution in [1.29, 1.82) is 0 Å². The van der Waals surface area contributed by atoms with Gasteiger partial charge in [-0.25, -0.2) is 4.98 Å². The number of nitro groups is 1. The minimum Gasteiger partial charge on any atom is -0.387 e. The van der Waals surface area contributed by atoms with Gasteiger partial charge in [-0.1, -0.05) is 12.1 Å². The number of nitrogens with zero attached hydrogens (tertiary/aromatic N) is 3. The van der Waals surface area contributed by atoms with E-state index in [-0.39, 0.29) is 18.1 Å². The number of benzene rings is 1. The quantitative estimate of drug-likeness (QED) is 0.118. The van der Waals surface area contributed by atoms with Crippen LogP contribution >= 0.6 is 0 Å². The normalized spacial score (nSPS) is 26.5. The monoisotopic (exact) mass is 437 g/mol. The van der Waals surface area contributed by atoms with Gasteiger partial charge in [0.25, 0.3) is 17.5 Å². The maximum atomic E-state index is 12.5. The lowest BCUT2D eigenvalue weighted by Crippen LogP contribution is -2.47. The van der Waals surface area contributed by atoms with Crippen LogP contribution < -0.4 is 11.1 Å². The average Bonchev–Trinajstić information content (AvgIpc) is 3.32. The Morgan fingerprint density at radius 2 is 2.06 bits per heavy atom. The summed E-state index contributed by atoms with van der Waals surface area (Å²) in [6.07, 6.45) is -3.33. The van der Waals surface area contributed by atoms with Gasteiger partial charge in [0.05, 0.1) is 4.92 Å². The van der Waals surface area contributed by atoms with Crippen molar-refractivity contribution in [2.45, 2.75) is 43.3 Å². The molecular weight excluding hydrogens is 414 g/mol. The van der Waals surface area contributed by atoms with Gasteiger partial charge in [-0.15, -0.1) is 0 Å². The summed E-state index contributed by atoms with van der Waals surface area (Å²) in [7, 11) is 0. The van der Waals surface area contributed by atoms with Crippen molar-refractivity contribution in [1.82, 2.24) is 14.9 Å². The number of aliphatic hydroxyl groups is 4. The maximum Gasteiger partial charge on any atom is 0.287 e. The fourth-order valence-corrected chi connectivity index (χ4v) is 3.30. The van der Waals surface area contributed by atoms with Crippen LogP contribution in [0.15, 0.2) is 36.7 Å². The van der Waals surface area contributed by atoms with Crippen LogP contribution in [0.3, 0.4) is 0 Å². The molecule has 3 rings (SSSR count). The number of carbonyl (C=O) groups excluding carboxylic acids is 1. The number of imidazole rings is 1. The summed E-state index contributed by atoms with van der Waals surface area (Å²) in [6, 6.07) is 6.07. The Balaban J connectivity index is 1.60. The Labute approximate surface area is 175 Å². The van der Waals surface area contributed by atoms with Gasteiger partial charge in [-0.3, -0.25) is 19.5 Å². The zero-order valence-electron chi connectivity index (χ0n) is 16.2. The number of carbonyl (C=O) groups is 1. The number of amides is 1. The first kappa shape index (κ1) is 22.7. The number of aliphatic hydroxyl groups excluding tert-OH is 3. The van der Waals surface area contributed by atoms with Crippen LogP contribution in [0, 0.1) is 10.1 Å². The standard InChI is InChI=1S/C18H23N5O8/c19-15(26)13-12(24)14(25)18(28,31-13)22-9-8-20-16(22)17(27)21-7-1-2-10-3-5-11(6-4-10)23(29)30/h3-6,8-9,12-15,24-26,28H,1-2,7,19H2,(H,21,27)/t12-,13+,14-,15?,18-/m1/s1. The lowest BCUT2D eigenvalue weighted by Gasteiger charge is -2.28. The van der Waals surface area contributed by atoms with Gasteiger partial charge in [-0.05, 0) is 18.4 Å². The summed E-state index contributed by atoms with van der Waals surface area (Å²) >= 11 is 0. The largest absolute Gasteiger partial charge is 0.387 e. The molecule has 168 valence electrons. The van der Waals surface area contributed by atoms with E-state index in [9.17, 15) is 35.3 Å². The van der Waals surface area contributed by atoms with E-state index in [1.165, 1.54) is 24.5 Å². The molecule has 7 N–H and O–H groups in total. The molecule has 1 aliphatic rings. The van der Waals surface area contributed by atoms with Crippen molar-refractivity contribution >= 4 is 11.6 Å². The number of nitro benzene ring substituents is 1. The molecule has 2 aromatic rings. The second kappa shape index (κ2) is 9.05. The zero-order valence-corrected chi connectivity index (χ0v) is 16.2. The average molecular weight is 437 g/mol. The van der Waals surface area contributed by atoms with Crippen molar-refractivity contribution in [3.63, 3.8) is 0 Å². The highest BCUT2D eigenvalue weighted by Crippen LogP contribution is 2.34. The molecule has 1 aromatic heterocycles. The first-order valence-electron chi connectivity index (χ1n) is 9.40. The van der Waals surface area contributed by atoms with E-state index in [0.717, 1.165) is 10.1 Å². The van der Waals surface area contributed by atoms with E-state index in [4.69, 9.17) is 10.5 Å². The van der Waals surface area contributed by atoms with Crippen LogP contribution in [-0.2, 0) is 17.1 Å². The lowest BCUT2D eigenvalue weighted by molar-refractivity contribution is -0.384. The SMILES string of the molecule is NC(O)[C@H]1O[C@@](O)(n2ccnc2C(=O)NCCCc2ccc([N+](=O)[O-])cc2)[C@H](O)[C@@H]1O. The molecular formula is C18H23N5O8. The van der Waals surface area contributed by atoms with Crippen molar-refractivity contribution in [2.24, 2.45) is 5.73 Å². The van der Waals surface area contributed by atoms with Gasteiger partial charge in [0.2, 0.25) is 5.82 Å². The number of hydrogen-bond acceptors (Lipinski definition) is 10. The van der Waals surface area contributed by atoms with E-state index in [0.29, 0.717) is 12.8 Å². The summed E-state index contributed by atoms with van der Waals surface area (Å²) in [5, 5.41) is 53.6. The maximum absolute atomic E-state index is 12.5. The van der Waals surface area contributed by atoms with E-state index < -0.39 is 41.3 Å². The Kier molecular flexibility index (Phi) is 6.64. The molecule has 2 heterocycles. The minimum absolute atomic E-state index is 0.00680. The molecule has 1 aliphatic heterocycles. The second-order valence-corrected chi connectivity index (χ2v) is 7.07. The number of nitrogens with two attached hydrogens (primary N) is 1. The van der Waals surface area contributed by atoms with Crippen LogP contribution in [-0.4, -0.2) is 71.9 Å². The highest BCUT2D eigenvalue weighted by atomic mass is 16.7. The molecule has 0 aliphatic carbocycles. The summed E-state index contributed by atoms with van der Waals surface area (Å²) in [5.74, 6) is -3.53. The zero-order chi connectivity index (χ0) is 22.8. The number of nitrogens with one attached hydrogen (secondary N) is 1. The first-order chi connectivity index (χ1) is 14.6. The topological polar surface area (TPSA) is 206 Å². The molecule has 0 bridgehead atoms. The van der Waals surface area contributed by atoms with E-state index >= 15 is 0 Å². The lowest BCUT2D eigenvalue weighted by atomic mass is 10.1. The van der Waals surface area contributed by atoms with E-state index in [1.54, 1.807) is 12.1 Å². The van der Waals surface area contributed by atoms with Crippen molar-refractivity contribution < 1.29 is 34.9 Å². The van der Waals surface area contributed by atoms with Crippen LogP contribution in [0.25, 0.3) is 0 Å². The van der Waals surface area contributed by atoms with Crippen molar-refractivity contribution in [2.75, 3.05) is 6.54 Å². The molecule has 1 aromatic carbocycles. The molecule has 1 unspecified atom stereocenters. The molecule has 0 radical (unpaired) electrons. The van der Waals surface area contributed by atoms with Crippen LogP contribution in [0.4, 0.5) is 5.69 Å². The van der Waals surface area contributed by atoms with Crippen LogP contribution in [0.2, 0.25) is 0 Å².